The van der Waals surface area contributed by atoms with Gasteiger partial charge in [0.05, 0.1) is 0 Å². The number of amides is 2. The Morgan fingerprint density at radius 1 is 1.44 bits per heavy atom. The second-order valence-corrected chi connectivity index (χ2v) is 4.13. The minimum atomic E-state index is -0.367. The molecule has 0 radical (unpaired) electrons. The van der Waals surface area contributed by atoms with Crippen molar-refractivity contribution in [1.29, 1.82) is 0 Å². The summed E-state index contributed by atoms with van der Waals surface area (Å²) < 4.78 is 12.9. The molecule has 5 heteroatoms. The molecular formula is C13H16FN3O. The van der Waals surface area contributed by atoms with Crippen LogP contribution in [-0.4, -0.2) is 25.7 Å². The molecule has 0 saturated heterocycles. The standard InChI is InChI=1S/C13H16FN3O/c14-11-2-1-3-12(8-11)17-13(18)16-9-10-4-6-15-7-5-10/h1-4,8,15H,5-7,9H2,(H2,16,17,18). The summed E-state index contributed by atoms with van der Waals surface area (Å²) in [6, 6.07) is 5.50. The molecule has 4 nitrogen and oxygen atoms in total. The summed E-state index contributed by atoms with van der Waals surface area (Å²) in [7, 11) is 0. The summed E-state index contributed by atoms with van der Waals surface area (Å²) >= 11 is 0. The van der Waals surface area contributed by atoms with Crippen molar-refractivity contribution in [2.45, 2.75) is 6.42 Å². The van der Waals surface area contributed by atoms with Gasteiger partial charge in [0.2, 0.25) is 0 Å². The predicted molar refractivity (Wildman–Crippen MR) is 69.0 cm³/mol. The number of hydrogen-bond donors (Lipinski definition) is 3. The minimum Gasteiger partial charge on any atom is -0.334 e. The third kappa shape index (κ3) is 3.85. The molecule has 1 heterocycles. The van der Waals surface area contributed by atoms with E-state index in [-0.39, 0.29) is 11.8 Å². The Labute approximate surface area is 105 Å². The molecule has 18 heavy (non-hydrogen) atoms. The van der Waals surface area contributed by atoms with Crippen molar-refractivity contribution in [3.8, 4) is 0 Å². The molecule has 96 valence electrons. The third-order valence-electron chi connectivity index (χ3n) is 2.72. The first-order chi connectivity index (χ1) is 8.74. The van der Waals surface area contributed by atoms with E-state index in [0.29, 0.717) is 12.2 Å². The van der Waals surface area contributed by atoms with E-state index in [1.165, 1.54) is 17.7 Å². The fourth-order valence-electron chi connectivity index (χ4n) is 1.77. The van der Waals surface area contributed by atoms with Crippen LogP contribution in [0, 0.1) is 5.82 Å². The summed E-state index contributed by atoms with van der Waals surface area (Å²) in [4.78, 5) is 11.6. The van der Waals surface area contributed by atoms with Gasteiger partial charge in [-0.25, -0.2) is 9.18 Å². The minimum absolute atomic E-state index is 0.319. The van der Waals surface area contributed by atoms with E-state index in [9.17, 15) is 9.18 Å². The van der Waals surface area contributed by atoms with Crippen LogP contribution in [0.1, 0.15) is 6.42 Å². The lowest BCUT2D eigenvalue weighted by Crippen LogP contribution is -2.32. The molecule has 1 aromatic carbocycles. The third-order valence-corrected chi connectivity index (χ3v) is 2.72. The van der Waals surface area contributed by atoms with Crippen LogP contribution in [0.2, 0.25) is 0 Å². The first kappa shape index (κ1) is 12.6. The van der Waals surface area contributed by atoms with Crippen LogP contribution >= 0.6 is 0 Å². The monoisotopic (exact) mass is 249 g/mol. The topological polar surface area (TPSA) is 53.2 Å². The summed E-state index contributed by atoms with van der Waals surface area (Å²) in [5.41, 5.74) is 1.66. The molecule has 0 unspecified atom stereocenters. The summed E-state index contributed by atoms with van der Waals surface area (Å²) in [6.07, 6.45) is 3.02. The molecule has 3 N–H and O–H groups in total. The highest BCUT2D eigenvalue weighted by atomic mass is 19.1. The number of anilines is 1. The maximum Gasteiger partial charge on any atom is 0.319 e. The van der Waals surface area contributed by atoms with Crippen LogP contribution in [-0.2, 0) is 0 Å². The molecular weight excluding hydrogens is 233 g/mol. The van der Waals surface area contributed by atoms with Crippen LogP contribution < -0.4 is 16.0 Å². The molecule has 2 rings (SSSR count). The SMILES string of the molecule is O=C(NCC1=CCNCC1)Nc1cccc(F)c1. The Balaban J connectivity index is 1.80. The van der Waals surface area contributed by atoms with Gasteiger partial charge in [0, 0.05) is 18.8 Å². The molecule has 1 aromatic rings. The van der Waals surface area contributed by atoms with Crippen molar-refractivity contribution >= 4 is 11.7 Å². The van der Waals surface area contributed by atoms with E-state index < -0.39 is 0 Å². The highest BCUT2D eigenvalue weighted by Crippen LogP contribution is 2.08. The van der Waals surface area contributed by atoms with E-state index in [2.05, 4.69) is 22.0 Å². The Kier molecular flexibility index (Phi) is 4.30. The Bertz CT molecular complexity index is 459. The summed E-state index contributed by atoms with van der Waals surface area (Å²) in [6.45, 7) is 2.32. The Morgan fingerprint density at radius 3 is 3.06 bits per heavy atom. The first-order valence-electron chi connectivity index (χ1n) is 5.93. The average molecular weight is 249 g/mol. The average Bonchev–Trinajstić information content (AvgIpc) is 2.38. The van der Waals surface area contributed by atoms with Crippen LogP contribution in [0.3, 0.4) is 0 Å². The molecule has 0 aromatic heterocycles. The van der Waals surface area contributed by atoms with Gasteiger partial charge in [-0.3, -0.25) is 0 Å². The van der Waals surface area contributed by atoms with Crippen molar-refractivity contribution < 1.29 is 9.18 Å². The second kappa shape index (κ2) is 6.16. The van der Waals surface area contributed by atoms with Gasteiger partial charge in [0.15, 0.2) is 0 Å². The lowest BCUT2D eigenvalue weighted by atomic mass is 10.1. The van der Waals surface area contributed by atoms with E-state index in [1.807, 2.05) is 0 Å². The number of halogens is 1. The van der Waals surface area contributed by atoms with E-state index in [1.54, 1.807) is 12.1 Å². The quantitative estimate of drug-likeness (QED) is 0.716. The molecule has 0 atom stereocenters. The number of hydrogen-bond acceptors (Lipinski definition) is 2. The van der Waals surface area contributed by atoms with Gasteiger partial charge < -0.3 is 16.0 Å². The number of urea groups is 1. The van der Waals surface area contributed by atoms with Gasteiger partial charge in [-0.05, 0) is 31.2 Å². The summed E-state index contributed by atoms with van der Waals surface area (Å²) in [5, 5.41) is 8.54. The zero-order valence-corrected chi connectivity index (χ0v) is 10.0. The first-order valence-corrected chi connectivity index (χ1v) is 5.93. The molecule has 1 aliphatic heterocycles. The van der Waals surface area contributed by atoms with Gasteiger partial charge in [0.1, 0.15) is 5.82 Å². The van der Waals surface area contributed by atoms with Crippen molar-refractivity contribution in [2.75, 3.05) is 25.0 Å². The number of carbonyl (C=O) groups is 1. The fraction of sp³-hybridized carbons (Fsp3) is 0.308. The largest absolute Gasteiger partial charge is 0.334 e. The van der Waals surface area contributed by atoms with Gasteiger partial charge in [-0.2, -0.15) is 0 Å². The van der Waals surface area contributed by atoms with Gasteiger partial charge in [-0.15, -0.1) is 0 Å². The molecule has 0 saturated carbocycles. The van der Waals surface area contributed by atoms with Crippen LogP contribution in [0.25, 0.3) is 0 Å². The highest BCUT2D eigenvalue weighted by molar-refractivity contribution is 5.89. The molecule has 0 spiro atoms. The second-order valence-electron chi connectivity index (χ2n) is 4.13. The number of benzene rings is 1. The molecule has 2 amide bonds. The lowest BCUT2D eigenvalue weighted by Gasteiger charge is -2.14. The zero-order valence-electron chi connectivity index (χ0n) is 10.0. The molecule has 0 bridgehead atoms. The smallest absolute Gasteiger partial charge is 0.319 e. The molecule has 1 aliphatic rings. The molecule has 0 aliphatic carbocycles. The summed E-state index contributed by atoms with van der Waals surface area (Å²) in [5.74, 6) is -0.367. The van der Waals surface area contributed by atoms with E-state index in [0.717, 1.165) is 19.5 Å². The van der Waals surface area contributed by atoms with Gasteiger partial charge in [0.25, 0.3) is 0 Å². The maximum absolute atomic E-state index is 12.9. The van der Waals surface area contributed by atoms with Crippen molar-refractivity contribution in [1.82, 2.24) is 10.6 Å². The normalized spacial score (nSPS) is 14.8. The van der Waals surface area contributed by atoms with Crippen molar-refractivity contribution in [3.63, 3.8) is 0 Å². The van der Waals surface area contributed by atoms with E-state index >= 15 is 0 Å². The number of nitrogens with one attached hydrogen (secondary N) is 3. The van der Waals surface area contributed by atoms with Gasteiger partial charge in [-0.1, -0.05) is 17.7 Å². The fourth-order valence-corrected chi connectivity index (χ4v) is 1.77. The Hall–Kier alpha value is -1.88. The van der Waals surface area contributed by atoms with Crippen LogP contribution in [0.5, 0.6) is 0 Å². The van der Waals surface area contributed by atoms with Gasteiger partial charge >= 0.3 is 6.03 Å². The van der Waals surface area contributed by atoms with E-state index in [4.69, 9.17) is 0 Å². The highest BCUT2D eigenvalue weighted by Gasteiger charge is 2.06. The van der Waals surface area contributed by atoms with Crippen molar-refractivity contribution in [2.24, 2.45) is 0 Å². The van der Waals surface area contributed by atoms with Crippen molar-refractivity contribution in [3.05, 3.63) is 41.7 Å². The molecule has 0 fully saturated rings. The van der Waals surface area contributed by atoms with Crippen LogP contribution in [0.4, 0.5) is 14.9 Å². The number of rotatable bonds is 3. The lowest BCUT2D eigenvalue weighted by molar-refractivity contribution is 0.252. The van der Waals surface area contributed by atoms with Crippen LogP contribution in [0.15, 0.2) is 35.9 Å². The maximum atomic E-state index is 12.9. The Morgan fingerprint density at radius 2 is 2.33 bits per heavy atom. The predicted octanol–water partition coefficient (Wildman–Crippen LogP) is 1.87. The number of carbonyl (C=O) groups excluding carboxylic acids is 1. The zero-order chi connectivity index (χ0) is 12.8.